The van der Waals surface area contributed by atoms with Gasteiger partial charge in [-0.05, 0) is 50.7 Å². The number of carbonyl (C=O) groups excluding carboxylic acids is 1. The van der Waals surface area contributed by atoms with E-state index in [1.807, 2.05) is 12.1 Å². The molecule has 0 amide bonds. The third kappa shape index (κ3) is 2.57. The number of methoxy groups -OCH3 is 2. The molecule has 0 aromatic heterocycles. The summed E-state index contributed by atoms with van der Waals surface area (Å²) in [5, 5.41) is 2.51. The van der Waals surface area contributed by atoms with E-state index in [0.717, 1.165) is 11.3 Å². The maximum atomic E-state index is 13.1. The largest absolute Gasteiger partial charge is 0.497 e. The predicted molar refractivity (Wildman–Crippen MR) is 126 cm³/mol. The molecule has 0 heterocycles. The van der Waals surface area contributed by atoms with Crippen molar-refractivity contribution in [1.29, 1.82) is 0 Å². The number of ether oxygens (including phenoxy) is 2. The van der Waals surface area contributed by atoms with E-state index < -0.39 is 0 Å². The highest BCUT2D eigenvalue weighted by molar-refractivity contribution is 5.96. The van der Waals surface area contributed by atoms with E-state index in [-0.39, 0.29) is 29.6 Å². The van der Waals surface area contributed by atoms with Gasteiger partial charge in [0.25, 0.3) is 0 Å². The molecule has 0 saturated heterocycles. The number of hydrogen-bond donors (Lipinski definition) is 0. The average molecular weight is 421 g/mol. The Bertz CT molecular complexity index is 1340. The van der Waals surface area contributed by atoms with Gasteiger partial charge in [0.2, 0.25) is 0 Å². The van der Waals surface area contributed by atoms with Crippen molar-refractivity contribution in [2.24, 2.45) is 5.92 Å². The Balaban J connectivity index is 1.62. The van der Waals surface area contributed by atoms with Crippen molar-refractivity contribution in [3.63, 3.8) is 0 Å². The molecule has 4 atom stereocenters. The van der Waals surface area contributed by atoms with Gasteiger partial charge in [0.05, 0.1) is 20.1 Å². The number of fused-ring (bicyclic) bond motifs is 8. The van der Waals surface area contributed by atoms with E-state index in [2.05, 4.69) is 72.8 Å². The molecule has 0 N–H and O–H groups in total. The summed E-state index contributed by atoms with van der Waals surface area (Å²) in [6.07, 6.45) is 0. The first kappa shape index (κ1) is 19.1. The summed E-state index contributed by atoms with van der Waals surface area (Å²) in [5.74, 6) is 0.833. The molecule has 3 nitrogen and oxygen atoms in total. The summed E-state index contributed by atoms with van der Waals surface area (Å²) in [7, 11) is 3.17. The number of rotatable bonds is 3. The van der Waals surface area contributed by atoms with Gasteiger partial charge in [0.1, 0.15) is 5.75 Å². The van der Waals surface area contributed by atoms with Crippen LogP contribution in [0.2, 0.25) is 0 Å². The van der Waals surface area contributed by atoms with Crippen molar-refractivity contribution in [2.45, 2.75) is 17.8 Å². The zero-order valence-corrected chi connectivity index (χ0v) is 18.1. The average Bonchev–Trinajstić information content (AvgIpc) is 2.84. The van der Waals surface area contributed by atoms with E-state index in [0.29, 0.717) is 0 Å². The highest BCUT2D eigenvalue weighted by Crippen LogP contribution is 2.68. The number of benzene rings is 4. The summed E-state index contributed by atoms with van der Waals surface area (Å²) in [5.41, 5.74) is 6.27. The fourth-order valence-electron chi connectivity index (χ4n) is 6.09. The molecule has 0 aliphatic heterocycles. The Morgan fingerprint density at radius 2 is 1.47 bits per heavy atom. The summed E-state index contributed by atoms with van der Waals surface area (Å²) < 4.78 is 10.7. The first-order valence-electron chi connectivity index (χ1n) is 11.1. The number of hydrogen-bond acceptors (Lipinski definition) is 3. The van der Waals surface area contributed by atoms with Crippen molar-refractivity contribution in [1.82, 2.24) is 0 Å². The smallest absolute Gasteiger partial charge is 0.309 e. The van der Waals surface area contributed by atoms with Gasteiger partial charge in [-0.3, -0.25) is 4.79 Å². The Kier molecular flexibility index (Phi) is 4.32. The third-order valence-corrected chi connectivity index (χ3v) is 7.44. The second-order valence-electron chi connectivity index (χ2n) is 8.73. The molecule has 4 aromatic rings. The minimum absolute atomic E-state index is 0.0521. The Morgan fingerprint density at radius 3 is 2.25 bits per heavy atom. The highest BCUT2D eigenvalue weighted by Gasteiger charge is 2.59. The molecule has 2 aliphatic carbocycles. The lowest BCUT2D eigenvalue weighted by molar-refractivity contribution is -0.151. The topological polar surface area (TPSA) is 35.5 Å². The Morgan fingerprint density at radius 1 is 0.719 bits per heavy atom. The summed E-state index contributed by atoms with van der Waals surface area (Å²) >= 11 is 0. The zero-order valence-electron chi connectivity index (χ0n) is 18.1. The first-order chi connectivity index (χ1) is 15.7. The Labute approximate surface area is 187 Å². The standard InChI is InChI=1S/C29H24O3/c1-31-19-14-11-18(12-15-19)24-27-25-20-8-4-3-7-17(20)13-16-23(25)21-9-5-6-10-22(21)26(27)28(24)29(30)32-2/h3-16,24,26-28H,1-2H3/t24-,26+,27-,28+/m0/s1. The second kappa shape index (κ2) is 7.23. The van der Waals surface area contributed by atoms with Crippen LogP contribution in [0.15, 0.2) is 84.9 Å². The van der Waals surface area contributed by atoms with Crippen LogP contribution in [0.1, 0.15) is 34.4 Å². The van der Waals surface area contributed by atoms with Gasteiger partial charge in [0.15, 0.2) is 0 Å². The van der Waals surface area contributed by atoms with E-state index in [1.165, 1.54) is 40.1 Å². The van der Waals surface area contributed by atoms with Gasteiger partial charge in [-0.2, -0.15) is 0 Å². The molecule has 2 aliphatic rings. The van der Waals surface area contributed by atoms with E-state index in [9.17, 15) is 4.79 Å². The monoisotopic (exact) mass is 420 g/mol. The van der Waals surface area contributed by atoms with Gasteiger partial charge < -0.3 is 9.47 Å². The predicted octanol–water partition coefficient (Wildman–Crippen LogP) is 6.28. The van der Waals surface area contributed by atoms with Crippen LogP contribution < -0.4 is 4.74 Å². The van der Waals surface area contributed by atoms with Crippen LogP contribution in [0.4, 0.5) is 0 Å². The van der Waals surface area contributed by atoms with Gasteiger partial charge in [-0.25, -0.2) is 0 Å². The minimum atomic E-state index is -0.216. The number of carbonyl (C=O) groups is 1. The molecular formula is C29H24O3. The maximum absolute atomic E-state index is 13.1. The van der Waals surface area contributed by atoms with E-state index in [1.54, 1.807) is 7.11 Å². The minimum Gasteiger partial charge on any atom is -0.497 e. The maximum Gasteiger partial charge on any atom is 0.309 e. The van der Waals surface area contributed by atoms with Crippen LogP contribution in [0.5, 0.6) is 5.75 Å². The molecule has 3 heteroatoms. The normalized spacial score (nSPS) is 22.8. The van der Waals surface area contributed by atoms with Crippen LogP contribution in [0.25, 0.3) is 21.9 Å². The van der Waals surface area contributed by atoms with E-state index in [4.69, 9.17) is 9.47 Å². The van der Waals surface area contributed by atoms with Crippen LogP contribution in [-0.4, -0.2) is 20.2 Å². The quantitative estimate of drug-likeness (QED) is 0.366. The molecule has 1 saturated carbocycles. The summed E-state index contributed by atoms with van der Waals surface area (Å²) in [6, 6.07) is 29.8. The van der Waals surface area contributed by atoms with Gasteiger partial charge >= 0.3 is 5.97 Å². The molecule has 4 aromatic carbocycles. The molecule has 0 spiro atoms. The third-order valence-electron chi connectivity index (χ3n) is 7.44. The van der Waals surface area contributed by atoms with Gasteiger partial charge in [-0.1, -0.05) is 72.8 Å². The van der Waals surface area contributed by atoms with Crippen molar-refractivity contribution in [3.8, 4) is 16.9 Å². The molecular weight excluding hydrogens is 396 g/mol. The molecule has 0 radical (unpaired) electrons. The highest BCUT2D eigenvalue weighted by atomic mass is 16.5. The molecule has 158 valence electrons. The van der Waals surface area contributed by atoms with Crippen molar-refractivity contribution in [3.05, 3.63) is 102 Å². The fourth-order valence-corrected chi connectivity index (χ4v) is 6.09. The van der Waals surface area contributed by atoms with Crippen LogP contribution in [0, 0.1) is 5.92 Å². The molecule has 6 rings (SSSR count). The lowest BCUT2D eigenvalue weighted by Crippen LogP contribution is -2.48. The van der Waals surface area contributed by atoms with Crippen molar-refractivity contribution >= 4 is 16.7 Å². The molecule has 32 heavy (non-hydrogen) atoms. The van der Waals surface area contributed by atoms with Crippen LogP contribution in [0.3, 0.4) is 0 Å². The second-order valence-corrected chi connectivity index (χ2v) is 8.73. The lowest BCUT2D eigenvalue weighted by Gasteiger charge is -2.54. The molecule has 0 unspecified atom stereocenters. The number of esters is 1. The van der Waals surface area contributed by atoms with Crippen LogP contribution >= 0.6 is 0 Å². The van der Waals surface area contributed by atoms with E-state index >= 15 is 0 Å². The SMILES string of the molecule is COC(=O)[C@@H]1[C@@H](c2ccc(OC)cc2)[C@H]2c3c(ccc4ccccc34)-c3ccccc3[C@@H]12. The Hall–Kier alpha value is -3.59. The van der Waals surface area contributed by atoms with Crippen molar-refractivity contribution in [2.75, 3.05) is 14.2 Å². The van der Waals surface area contributed by atoms with Crippen molar-refractivity contribution < 1.29 is 14.3 Å². The summed E-state index contributed by atoms with van der Waals surface area (Å²) in [6.45, 7) is 0. The van der Waals surface area contributed by atoms with Gasteiger partial charge in [-0.15, -0.1) is 0 Å². The molecule has 1 fully saturated rings. The van der Waals surface area contributed by atoms with Gasteiger partial charge in [0, 0.05) is 17.8 Å². The van der Waals surface area contributed by atoms with Crippen LogP contribution in [-0.2, 0) is 9.53 Å². The summed E-state index contributed by atoms with van der Waals surface area (Å²) in [4.78, 5) is 13.1. The fraction of sp³-hybridized carbons (Fsp3) is 0.207. The zero-order chi connectivity index (χ0) is 21.8. The molecule has 0 bridgehead atoms. The lowest BCUT2D eigenvalue weighted by atomic mass is 9.47. The first-order valence-corrected chi connectivity index (χ1v) is 11.1.